The van der Waals surface area contributed by atoms with Gasteiger partial charge in [0.1, 0.15) is 11.5 Å². The standard InChI is InChI=1S/C36H41FN8/c1-21(2)11-22(3)41-29-14-26(17-38-18-29)24-7-8-30-23(4)42-35(31(30)15-24)36-43-33-20-39-19-32(34(33)44-36)25-12-27(37)16-28(13-25)40-9-10-45(5)6/h7-8,12-23,40-41H,9-11H2,1-6H3,(H,43,44)/t22?,23-/m0/s1. The highest BCUT2D eigenvalue weighted by Crippen LogP contribution is 2.36. The number of H-pyrrole nitrogens is 1. The summed E-state index contributed by atoms with van der Waals surface area (Å²) in [6.07, 6.45) is 8.36. The van der Waals surface area contributed by atoms with Crippen molar-refractivity contribution in [3.63, 3.8) is 0 Å². The fourth-order valence-corrected chi connectivity index (χ4v) is 6.08. The highest BCUT2D eigenvalue weighted by molar-refractivity contribution is 6.15. The van der Waals surface area contributed by atoms with Crippen LogP contribution in [0.25, 0.3) is 33.3 Å². The molecule has 1 aliphatic heterocycles. The highest BCUT2D eigenvalue weighted by Gasteiger charge is 2.26. The summed E-state index contributed by atoms with van der Waals surface area (Å²) in [6.45, 7) is 10.3. The number of hydrogen-bond donors (Lipinski definition) is 3. The summed E-state index contributed by atoms with van der Waals surface area (Å²) in [5.74, 6) is 0.969. The van der Waals surface area contributed by atoms with Crippen LogP contribution in [-0.2, 0) is 0 Å². The van der Waals surface area contributed by atoms with Crippen LogP contribution in [0.3, 0.4) is 0 Å². The van der Waals surface area contributed by atoms with Gasteiger partial charge in [0.15, 0.2) is 5.82 Å². The lowest BCUT2D eigenvalue weighted by molar-refractivity contribution is 0.425. The molecule has 4 heterocycles. The van der Waals surface area contributed by atoms with Gasteiger partial charge < -0.3 is 20.5 Å². The minimum atomic E-state index is -0.314. The second-order valence-corrected chi connectivity index (χ2v) is 12.7. The maximum atomic E-state index is 14.7. The molecular formula is C36H41FN8. The van der Waals surface area contributed by atoms with Gasteiger partial charge in [-0.3, -0.25) is 15.0 Å². The Morgan fingerprint density at radius 3 is 2.49 bits per heavy atom. The van der Waals surface area contributed by atoms with E-state index >= 15 is 0 Å². The molecular weight excluding hydrogens is 563 g/mol. The molecule has 0 fully saturated rings. The topological polar surface area (TPSA) is 94.1 Å². The molecule has 0 aliphatic carbocycles. The first-order valence-corrected chi connectivity index (χ1v) is 15.6. The molecule has 0 spiro atoms. The molecule has 0 radical (unpaired) electrons. The Labute approximate surface area is 264 Å². The molecule has 1 unspecified atom stereocenters. The van der Waals surface area contributed by atoms with Crippen LogP contribution < -0.4 is 10.6 Å². The van der Waals surface area contributed by atoms with Crippen molar-refractivity contribution < 1.29 is 4.39 Å². The summed E-state index contributed by atoms with van der Waals surface area (Å²) in [6, 6.07) is 14.0. The van der Waals surface area contributed by atoms with Crippen LogP contribution in [0.5, 0.6) is 0 Å². The van der Waals surface area contributed by atoms with E-state index in [0.717, 1.165) is 68.9 Å². The lowest BCUT2D eigenvalue weighted by Crippen LogP contribution is -2.20. The summed E-state index contributed by atoms with van der Waals surface area (Å²) >= 11 is 0. The van der Waals surface area contributed by atoms with Crippen molar-refractivity contribution in [2.45, 2.75) is 46.2 Å². The molecule has 0 saturated carbocycles. The predicted molar refractivity (Wildman–Crippen MR) is 183 cm³/mol. The molecule has 8 nitrogen and oxygen atoms in total. The summed E-state index contributed by atoms with van der Waals surface area (Å²) in [4.78, 5) is 24.6. The smallest absolute Gasteiger partial charge is 0.157 e. The molecule has 3 N–H and O–H groups in total. The van der Waals surface area contributed by atoms with E-state index in [1.54, 1.807) is 12.4 Å². The number of pyridine rings is 2. The van der Waals surface area contributed by atoms with Crippen molar-refractivity contribution in [2.24, 2.45) is 10.9 Å². The van der Waals surface area contributed by atoms with E-state index in [4.69, 9.17) is 9.98 Å². The van der Waals surface area contributed by atoms with Gasteiger partial charge in [-0.15, -0.1) is 0 Å². The number of hydrogen-bond acceptors (Lipinski definition) is 7. The van der Waals surface area contributed by atoms with Crippen LogP contribution in [0.1, 0.15) is 57.1 Å². The first-order valence-electron chi connectivity index (χ1n) is 15.6. The molecule has 3 aromatic heterocycles. The zero-order valence-electron chi connectivity index (χ0n) is 26.8. The molecule has 2 aromatic carbocycles. The number of halogens is 1. The number of nitrogens with zero attached hydrogens (tertiary/aromatic N) is 5. The number of anilines is 2. The van der Waals surface area contributed by atoms with Gasteiger partial charge in [0.25, 0.3) is 0 Å². The van der Waals surface area contributed by atoms with E-state index in [0.29, 0.717) is 29.9 Å². The Kier molecular flexibility index (Phi) is 8.63. The molecule has 0 bridgehead atoms. The van der Waals surface area contributed by atoms with Gasteiger partial charge in [-0.1, -0.05) is 26.0 Å². The number of aromatic amines is 1. The van der Waals surface area contributed by atoms with Crippen molar-refractivity contribution in [3.05, 3.63) is 90.0 Å². The van der Waals surface area contributed by atoms with Crippen LogP contribution in [0.15, 0.2) is 72.2 Å². The molecule has 232 valence electrons. The Hall–Kier alpha value is -4.63. The summed E-state index contributed by atoms with van der Waals surface area (Å²) in [5.41, 5.74) is 9.80. The number of imidazole rings is 1. The molecule has 0 amide bonds. The third-order valence-corrected chi connectivity index (χ3v) is 8.11. The fraction of sp³-hybridized carbons (Fsp3) is 0.333. The third-order valence-electron chi connectivity index (χ3n) is 8.11. The van der Waals surface area contributed by atoms with E-state index in [1.165, 1.54) is 12.1 Å². The zero-order valence-corrected chi connectivity index (χ0v) is 26.8. The number of rotatable bonds is 11. The van der Waals surface area contributed by atoms with Gasteiger partial charge >= 0.3 is 0 Å². The Morgan fingerprint density at radius 1 is 0.889 bits per heavy atom. The van der Waals surface area contributed by atoms with E-state index in [9.17, 15) is 4.39 Å². The van der Waals surface area contributed by atoms with Crippen LogP contribution in [-0.4, -0.2) is 63.8 Å². The number of nitrogens with one attached hydrogen (secondary N) is 3. The van der Waals surface area contributed by atoms with Crippen molar-refractivity contribution in [1.82, 2.24) is 24.8 Å². The first-order chi connectivity index (χ1) is 21.6. The van der Waals surface area contributed by atoms with Crippen molar-refractivity contribution in [1.29, 1.82) is 0 Å². The zero-order chi connectivity index (χ0) is 31.7. The van der Waals surface area contributed by atoms with Crippen LogP contribution >= 0.6 is 0 Å². The quantitative estimate of drug-likeness (QED) is 0.144. The van der Waals surface area contributed by atoms with E-state index < -0.39 is 0 Å². The average Bonchev–Trinajstić information content (AvgIpc) is 3.57. The van der Waals surface area contributed by atoms with Gasteiger partial charge in [-0.25, -0.2) is 9.37 Å². The summed E-state index contributed by atoms with van der Waals surface area (Å²) in [5, 5.41) is 6.92. The number of aromatic nitrogens is 4. The van der Waals surface area contributed by atoms with Crippen molar-refractivity contribution in [2.75, 3.05) is 37.8 Å². The molecule has 6 rings (SSSR count). The Bertz CT molecular complexity index is 1860. The number of aliphatic imine (C=N–C) groups is 1. The van der Waals surface area contributed by atoms with Crippen molar-refractivity contribution >= 4 is 28.1 Å². The van der Waals surface area contributed by atoms with Crippen LogP contribution in [0.2, 0.25) is 0 Å². The molecule has 1 aliphatic rings. The maximum absolute atomic E-state index is 14.7. The molecule has 45 heavy (non-hydrogen) atoms. The predicted octanol–water partition coefficient (Wildman–Crippen LogP) is 7.56. The maximum Gasteiger partial charge on any atom is 0.157 e. The molecule has 9 heteroatoms. The lowest BCUT2D eigenvalue weighted by atomic mass is 9.96. The monoisotopic (exact) mass is 604 g/mol. The first kappa shape index (κ1) is 30.4. The van der Waals surface area contributed by atoms with Gasteiger partial charge in [-0.2, -0.15) is 0 Å². The number of fused-ring (bicyclic) bond motifs is 2. The minimum absolute atomic E-state index is 0.00289. The molecule has 2 atom stereocenters. The van der Waals surface area contributed by atoms with Gasteiger partial charge in [-0.05, 0) is 87.3 Å². The van der Waals surface area contributed by atoms with Gasteiger partial charge in [0, 0.05) is 60.1 Å². The number of likely N-dealkylation sites (N-methyl/N-ethyl adjacent to an activating group) is 1. The molecule has 5 aromatic rings. The second-order valence-electron chi connectivity index (χ2n) is 12.7. The van der Waals surface area contributed by atoms with E-state index in [2.05, 4.69) is 82.4 Å². The fourth-order valence-electron chi connectivity index (χ4n) is 6.08. The second kappa shape index (κ2) is 12.8. The van der Waals surface area contributed by atoms with E-state index in [1.807, 2.05) is 32.6 Å². The Balaban J connectivity index is 1.32. The van der Waals surface area contributed by atoms with E-state index in [-0.39, 0.29) is 11.9 Å². The number of benzene rings is 2. The van der Waals surface area contributed by atoms with Crippen LogP contribution in [0.4, 0.5) is 15.8 Å². The Morgan fingerprint density at radius 2 is 1.69 bits per heavy atom. The average molecular weight is 605 g/mol. The van der Waals surface area contributed by atoms with Crippen LogP contribution in [0, 0.1) is 11.7 Å². The summed E-state index contributed by atoms with van der Waals surface area (Å²) in [7, 11) is 4.02. The largest absolute Gasteiger partial charge is 0.384 e. The molecule has 0 saturated heterocycles. The normalized spacial score (nSPS) is 15.0. The summed E-state index contributed by atoms with van der Waals surface area (Å²) < 4.78 is 14.7. The third kappa shape index (κ3) is 6.73. The lowest BCUT2D eigenvalue weighted by Gasteiger charge is -2.17. The van der Waals surface area contributed by atoms with Gasteiger partial charge in [0.05, 0.1) is 29.0 Å². The SMILES string of the molecule is CC(C)CC(C)Nc1cncc(-c2ccc3c(c2)C(c2nc4c(-c5cc(F)cc(NCCN(C)C)c5)cncc4[nH]2)=N[C@H]3C)c1. The van der Waals surface area contributed by atoms with Gasteiger partial charge in [0.2, 0.25) is 0 Å². The van der Waals surface area contributed by atoms with Crippen molar-refractivity contribution in [3.8, 4) is 22.3 Å². The minimum Gasteiger partial charge on any atom is -0.384 e. The highest BCUT2D eigenvalue weighted by atomic mass is 19.1.